The van der Waals surface area contributed by atoms with Crippen molar-refractivity contribution in [3.63, 3.8) is 0 Å². The number of fused-ring (bicyclic) bond motifs is 4. The maximum Gasteiger partial charge on any atom is 0.309 e. The van der Waals surface area contributed by atoms with E-state index in [1.807, 2.05) is 12.1 Å². The van der Waals surface area contributed by atoms with Crippen LogP contribution in [0.2, 0.25) is 5.02 Å². The fourth-order valence-corrected chi connectivity index (χ4v) is 9.45. The Labute approximate surface area is 276 Å². The molecule has 1 saturated carbocycles. The molecule has 4 aliphatic rings. The van der Waals surface area contributed by atoms with Gasteiger partial charge in [0.15, 0.2) is 0 Å². The third-order valence-corrected chi connectivity index (χ3v) is 13.4. The molecule has 6 rings (SSSR count). The first-order valence-corrected chi connectivity index (χ1v) is 18.2. The molecule has 1 spiro atoms. The van der Waals surface area contributed by atoms with Crippen LogP contribution in [-0.2, 0) is 26.7 Å². The van der Waals surface area contributed by atoms with Gasteiger partial charge in [0, 0.05) is 29.1 Å². The summed E-state index contributed by atoms with van der Waals surface area (Å²) in [5, 5.41) is 21.9. The van der Waals surface area contributed by atoms with Crippen molar-refractivity contribution in [2.24, 2.45) is 23.7 Å². The van der Waals surface area contributed by atoms with E-state index in [1.54, 1.807) is 44.2 Å². The molecule has 0 unspecified atom stereocenters. The van der Waals surface area contributed by atoms with Gasteiger partial charge in [-0.15, -0.1) is 0 Å². The molecule has 11 heteroatoms. The highest BCUT2D eigenvalue weighted by Crippen LogP contribution is 2.50. The number of carboxylic acid groups (broad SMARTS) is 1. The van der Waals surface area contributed by atoms with Crippen LogP contribution >= 0.6 is 11.6 Å². The van der Waals surface area contributed by atoms with E-state index in [1.165, 1.54) is 18.1 Å². The number of carbonyl (C=O) groups is 2. The van der Waals surface area contributed by atoms with Crippen molar-refractivity contribution in [1.82, 2.24) is 4.72 Å². The zero-order valence-corrected chi connectivity index (χ0v) is 28.1. The highest BCUT2D eigenvalue weighted by Gasteiger charge is 2.52. The Kier molecular flexibility index (Phi) is 8.70. The van der Waals surface area contributed by atoms with Crippen LogP contribution in [0, 0.1) is 23.7 Å². The molecule has 248 valence electrons. The van der Waals surface area contributed by atoms with Gasteiger partial charge in [-0.3, -0.25) is 9.59 Å². The van der Waals surface area contributed by atoms with E-state index in [4.69, 9.17) is 16.3 Å². The molecule has 2 heterocycles. The van der Waals surface area contributed by atoms with Gasteiger partial charge in [0.05, 0.1) is 29.1 Å². The van der Waals surface area contributed by atoms with Crippen LogP contribution in [0.1, 0.15) is 74.4 Å². The van der Waals surface area contributed by atoms with Gasteiger partial charge < -0.3 is 19.8 Å². The van der Waals surface area contributed by atoms with Gasteiger partial charge in [-0.1, -0.05) is 36.7 Å². The highest BCUT2D eigenvalue weighted by atomic mass is 35.5. The number of anilines is 1. The van der Waals surface area contributed by atoms with Crippen molar-refractivity contribution in [1.29, 1.82) is 0 Å². The zero-order chi connectivity index (χ0) is 33.0. The summed E-state index contributed by atoms with van der Waals surface area (Å²) >= 11 is 6.40. The van der Waals surface area contributed by atoms with E-state index in [2.05, 4.69) is 15.7 Å². The number of nitrogens with one attached hydrogen (secondary N) is 1. The number of carboxylic acids is 1. The van der Waals surface area contributed by atoms with E-state index in [0.29, 0.717) is 42.6 Å². The van der Waals surface area contributed by atoms with Crippen LogP contribution in [0.3, 0.4) is 0 Å². The molecule has 2 aliphatic carbocycles. The normalized spacial score (nSPS) is 33.7. The number of nitrogens with zero attached hydrogens (tertiary/aromatic N) is 1. The molecule has 1 amide bonds. The predicted octanol–water partition coefficient (Wildman–Crippen LogP) is 5.34. The molecule has 0 aromatic heterocycles. The summed E-state index contributed by atoms with van der Waals surface area (Å²) in [6, 6.07) is 11.0. The topological polar surface area (TPSA) is 133 Å². The minimum atomic E-state index is -4.05. The Balaban J connectivity index is 1.47. The molecule has 3 N–H and O–H groups in total. The number of amides is 1. The standard InChI is InChI=1S/C35H43ClN2O7S/c1-21-6-4-15-35(42,22(2)33(40)41)29-11-8-26(29)18-38-19-34(14-5-7-24-16-27(36)10-12-28(24)34)20-45-31-13-9-25(17-30(31)38)32(39)37-46(43,44)23(21)3/h4,9-10,12-13,15-17,21-23,26,29,42H,5-8,11,14,18-20H2,1-3H3,(H,37,39)(H,40,41)/b15-4-/t21-,22-,23+,26-,29+,34-,35-/m0/s1. The van der Waals surface area contributed by atoms with E-state index in [9.17, 15) is 28.2 Å². The van der Waals surface area contributed by atoms with E-state index in [-0.39, 0.29) is 29.2 Å². The average Bonchev–Trinajstić information content (AvgIpc) is 3.14. The molecule has 1 fully saturated rings. The molecule has 0 saturated heterocycles. The summed E-state index contributed by atoms with van der Waals surface area (Å²) in [6.45, 7) is 6.33. The third kappa shape index (κ3) is 5.81. The van der Waals surface area contributed by atoms with Crippen molar-refractivity contribution < 1.29 is 33.0 Å². The molecule has 0 radical (unpaired) electrons. The van der Waals surface area contributed by atoms with Crippen molar-refractivity contribution in [2.45, 2.75) is 75.6 Å². The smallest absolute Gasteiger partial charge is 0.309 e. The molecule has 46 heavy (non-hydrogen) atoms. The summed E-state index contributed by atoms with van der Waals surface area (Å²) < 4.78 is 35.4. The number of hydrogen-bond acceptors (Lipinski definition) is 7. The number of benzene rings is 2. The first kappa shape index (κ1) is 32.8. The number of allylic oxidation sites excluding steroid dienone is 1. The quantitative estimate of drug-likeness (QED) is 0.365. The lowest BCUT2D eigenvalue weighted by molar-refractivity contribution is -0.156. The lowest BCUT2D eigenvalue weighted by atomic mass is 9.60. The number of hydrogen-bond donors (Lipinski definition) is 3. The van der Waals surface area contributed by atoms with Crippen LogP contribution in [0.25, 0.3) is 0 Å². The Bertz CT molecular complexity index is 1680. The van der Waals surface area contributed by atoms with E-state index in [0.717, 1.165) is 25.7 Å². The number of aliphatic hydroxyl groups is 1. The number of aliphatic carboxylic acids is 1. The van der Waals surface area contributed by atoms with Crippen LogP contribution in [-0.4, -0.2) is 61.1 Å². The van der Waals surface area contributed by atoms with E-state index < -0.39 is 44.6 Å². The first-order valence-electron chi connectivity index (χ1n) is 16.2. The maximum atomic E-state index is 13.4. The minimum absolute atomic E-state index is 0.0326. The lowest BCUT2D eigenvalue weighted by Crippen LogP contribution is -2.55. The molecule has 2 aromatic carbocycles. The Hall–Kier alpha value is -3.08. The van der Waals surface area contributed by atoms with Crippen LogP contribution in [0.15, 0.2) is 48.6 Å². The monoisotopic (exact) mass is 670 g/mol. The SMILES string of the molecule is C[C@@H]1[C@@H](C)C/C=C\[C@](O)([C@@H](C)C(=O)O)[C@@H]2CC[C@H]2CN2C[C@@]3(CCCc4cc(Cl)ccc43)COc3ccc(cc32)C(=O)NS1(=O)=O. The molecule has 2 aliphatic heterocycles. The molecule has 9 nitrogen and oxygen atoms in total. The minimum Gasteiger partial charge on any atom is -0.490 e. The van der Waals surface area contributed by atoms with Gasteiger partial charge in [-0.2, -0.15) is 0 Å². The third-order valence-electron chi connectivity index (χ3n) is 11.2. The Morgan fingerprint density at radius 2 is 1.96 bits per heavy atom. The molecule has 2 bridgehead atoms. The van der Waals surface area contributed by atoms with Gasteiger partial charge in [0.25, 0.3) is 5.91 Å². The summed E-state index contributed by atoms with van der Waals surface area (Å²) in [5.41, 5.74) is 1.25. The molecular weight excluding hydrogens is 628 g/mol. The number of rotatable bonds is 2. The first-order chi connectivity index (χ1) is 21.7. The summed E-state index contributed by atoms with van der Waals surface area (Å²) in [4.78, 5) is 27.9. The van der Waals surface area contributed by atoms with Crippen molar-refractivity contribution in [3.05, 3.63) is 70.3 Å². The maximum absolute atomic E-state index is 13.4. The van der Waals surface area contributed by atoms with Crippen LogP contribution < -0.4 is 14.4 Å². The summed E-state index contributed by atoms with van der Waals surface area (Å²) in [7, 11) is -4.05. The average molecular weight is 671 g/mol. The number of sulfonamides is 1. The Morgan fingerprint density at radius 1 is 1.17 bits per heavy atom. The predicted molar refractivity (Wildman–Crippen MR) is 177 cm³/mol. The number of carbonyl (C=O) groups excluding carboxylic acids is 1. The van der Waals surface area contributed by atoms with Crippen molar-refractivity contribution in [2.75, 3.05) is 24.6 Å². The van der Waals surface area contributed by atoms with Crippen LogP contribution in [0.5, 0.6) is 5.75 Å². The van der Waals surface area contributed by atoms with Gasteiger partial charge in [0.2, 0.25) is 10.0 Å². The van der Waals surface area contributed by atoms with Crippen molar-refractivity contribution >= 4 is 39.2 Å². The van der Waals surface area contributed by atoms with Gasteiger partial charge in [-0.25, -0.2) is 13.1 Å². The zero-order valence-electron chi connectivity index (χ0n) is 26.5. The van der Waals surface area contributed by atoms with Gasteiger partial charge >= 0.3 is 5.97 Å². The number of halogens is 1. The van der Waals surface area contributed by atoms with Crippen molar-refractivity contribution in [3.8, 4) is 5.75 Å². The van der Waals surface area contributed by atoms with Crippen LogP contribution in [0.4, 0.5) is 5.69 Å². The fourth-order valence-electron chi connectivity index (χ4n) is 7.97. The van der Waals surface area contributed by atoms with E-state index >= 15 is 0 Å². The number of ether oxygens (including phenoxy) is 1. The Morgan fingerprint density at radius 3 is 2.67 bits per heavy atom. The molecule has 7 atom stereocenters. The number of aryl methyl sites for hydroxylation is 1. The molecular formula is C35H43ClN2O7S. The second kappa shape index (κ2) is 12.2. The van der Waals surface area contributed by atoms with Gasteiger partial charge in [0.1, 0.15) is 5.75 Å². The summed E-state index contributed by atoms with van der Waals surface area (Å²) in [5.74, 6) is -3.04. The fraction of sp³-hybridized carbons (Fsp3) is 0.543. The second-order valence-electron chi connectivity index (χ2n) is 14.0. The van der Waals surface area contributed by atoms with Gasteiger partial charge in [-0.05, 0) is 112 Å². The largest absolute Gasteiger partial charge is 0.490 e. The second-order valence-corrected chi connectivity index (χ2v) is 16.4. The molecule has 2 aromatic rings. The lowest BCUT2D eigenvalue weighted by Gasteiger charge is -2.50. The summed E-state index contributed by atoms with van der Waals surface area (Å²) in [6.07, 6.45) is 7.80. The highest BCUT2D eigenvalue weighted by molar-refractivity contribution is 7.90.